The van der Waals surface area contributed by atoms with Crippen LogP contribution in [0.15, 0.2) is 66.9 Å². The van der Waals surface area contributed by atoms with E-state index in [1.807, 2.05) is 24.4 Å². The molecule has 2 N–H and O–H groups in total. The molecule has 0 spiro atoms. The summed E-state index contributed by atoms with van der Waals surface area (Å²) in [7, 11) is 0. The van der Waals surface area contributed by atoms with E-state index in [2.05, 4.69) is 20.5 Å². The number of fused-ring (bicyclic) bond motifs is 1. The predicted octanol–water partition coefficient (Wildman–Crippen LogP) is 5.94. The zero-order valence-electron chi connectivity index (χ0n) is 18.8. The summed E-state index contributed by atoms with van der Waals surface area (Å²) >= 11 is 0. The molecule has 7 nitrogen and oxygen atoms in total. The van der Waals surface area contributed by atoms with Crippen LogP contribution in [0.3, 0.4) is 0 Å². The molecule has 0 bridgehead atoms. The van der Waals surface area contributed by atoms with Crippen molar-refractivity contribution in [2.75, 3.05) is 23.7 Å². The number of hydrogen-bond acceptors (Lipinski definition) is 5. The Labute approximate surface area is 200 Å². The number of likely N-dealkylation sites (tertiary alicyclic amines) is 1. The molecule has 0 atom stereocenters. The lowest BCUT2D eigenvalue weighted by atomic mass is 10.2. The van der Waals surface area contributed by atoms with Crippen LogP contribution in [-0.2, 0) is 6.54 Å². The van der Waals surface area contributed by atoms with Gasteiger partial charge in [0.15, 0.2) is 11.6 Å². The number of nitrogens with zero attached hydrogens (tertiary/aromatic N) is 3. The summed E-state index contributed by atoms with van der Waals surface area (Å²) in [5.41, 5.74) is 3.06. The normalized spacial score (nSPS) is 13.7. The van der Waals surface area contributed by atoms with Gasteiger partial charge in [-0.15, -0.1) is 0 Å². The lowest BCUT2D eigenvalue weighted by Gasteiger charge is -2.14. The monoisotopic (exact) mass is 475 g/mol. The van der Waals surface area contributed by atoms with Crippen molar-refractivity contribution in [2.24, 2.45) is 0 Å². The Morgan fingerprint density at radius 2 is 1.66 bits per heavy atom. The van der Waals surface area contributed by atoms with Crippen LogP contribution >= 0.6 is 0 Å². The first-order valence-corrected chi connectivity index (χ1v) is 11.3. The maximum absolute atomic E-state index is 13.4. The van der Waals surface area contributed by atoms with Crippen molar-refractivity contribution >= 4 is 28.4 Å². The minimum atomic E-state index is -1.04. The molecule has 0 radical (unpaired) electrons. The van der Waals surface area contributed by atoms with Gasteiger partial charge in [-0.3, -0.25) is 9.88 Å². The summed E-state index contributed by atoms with van der Waals surface area (Å²) in [6.45, 7) is 2.96. The fraction of sp³-hybridized carbons (Fsp3) is 0.192. The van der Waals surface area contributed by atoms with Gasteiger partial charge in [0.1, 0.15) is 11.5 Å². The maximum atomic E-state index is 13.4. The van der Waals surface area contributed by atoms with Gasteiger partial charge >= 0.3 is 6.03 Å². The lowest BCUT2D eigenvalue weighted by Crippen LogP contribution is -2.19. The van der Waals surface area contributed by atoms with Gasteiger partial charge in [0, 0.05) is 36.1 Å². The zero-order valence-corrected chi connectivity index (χ0v) is 18.8. The lowest BCUT2D eigenvalue weighted by molar-refractivity contribution is 0.262. The number of rotatable bonds is 6. The Kier molecular flexibility index (Phi) is 6.49. The number of amides is 2. The third kappa shape index (κ3) is 5.70. The number of nitrogens with one attached hydrogen (secondary N) is 2. The molecular formula is C26H23F2N5O2. The summed E-state index contributed by atoms with van der Waals surface area (Å²) < 4.78 is 32.4. The summed E-state index contributed by atoms with van der Waals surface area (Å²) in [5, 5.41) is 5.11. The van der Waals surface area contributed by atoms with E-state index in [1.54, 1.807) is 24.3 Å². The number of hydrogen-bond donors (Lipinski definition) is 2. The number of benzene rings is 3. The first-order valence-electron chi connectivity index (χ1n) is 11.3. The van der Waals surface area contributed by atoms with Crippen LogP contribution in [0.4, 0.5) is 25.0 Å². The second-order valence-corrected chi connectivity index (χ2v) is 8.33. The summed E-state index contributed by atoms with van der Waals surface area (Å²) in [5.74, 6) is -0.922. The largest absolute Gasteiger partial charge is 0.457 e. The molecule has 4 aromatic rings. The molecule has 0 saturated carbocycles. The Morgan fingerprint density at radius 3 is 2.46 bits per heavy atom. The molecule has 1 aromatic heterocycles. The predicted molar refractivity (Wildman–Crippen MR) is 130 cm³/mol. The second kappa shape index (κ2) is 10.0. The summed E-state index contributed by atoms with van der Waals surface area (Å²) in [6, 6.07) is 14.9. The molecule has 1 aliphatic heterocycles. The second-order valence-electron chi connectivity index (χ2n) is 8.33. The molecule has 3 aromatic carbocycles. The van der Waals surface area contributed by atoms with E-state index in [9.17, 15) is 13.6 Å². The molecule has 5 rings (SSSR count). The molecule has 35 heavy (non-hydrogen) atoms. The van der Waals surface area contributed by atoms with Crippen LogP contribution in [0.1, 0.15) is 18.5 Å². The van der Waals surface area contributed by atoms with Crippen LogP contribution in [0, 0.1) is 11.6 Å². The van der Waals surface area contributed by atoms with E-state index in [0.717, 1.165) is 48.5 Å². The Bertz CT molecular complexity index is 1380. The van der Waals surface area contributed by atoms with Gasteiger partial charge < -0.3 is 15.4 Å². The van der Waals surface area contributed by atoms with Gasteiger partial charge in [0.25, 0.3) is 0 Å². The topological polar surface area (TPSA) is 79.4 Å². The Balaban J connectivity index is 1.26. The van der Waals surface area contributed by atoms with Gasteiger partial charge in [-0.2, -0.15) is 0 Å². The molecule has 1 fully saturated rings. The van der Waals surface area contributed by atoms with Gasteiger partial charge in [-0.1, -0.05) is 6.07 Å². The Morgan fingerprint density at radius 1 is 0.886 bits per heavy atom. The summed E-state index contributed by atoms with van der Waals surface area (Å²) in [4.78, 5) is 23.9. The van der Waals surface area contributed by atoms with Crippen molar-refractivity contribution in [3.63, 3.8) is 0 Å². The number of halogens is 2. The number of aromatic nitrogens is 2. The highest BCUT2D eigenvalue weighted by Gasteiger charge is 2.13. The minimum Gasteiger partial charge on any atom is -0.457 e. The van der Waals surface area contributed by atoms with E-state index in [-0.39, 0.29) is 5.69 Å². The zero-order chi connectivity index (χ0) is 24.2. The fourth-order valence-electron chi connectivity index (χ4n) is 3.98. The number of carbonyl (C=O) groups excluding carboxylic acids is 1. The molecule has 2 amide bonds. The van der Waals surface area contributed by atoms with Crippen LogP contribution in [0.5, 0.6) is 11.5 Å². The Hall–Kier alpha value is -4.11. The minimum absolute atomic E-state index is 0.134. The fourth-order valence-corrected chi connectivity index (χ4v) is 3.98. The average Bonchev–Trinajstić information content (AvgIpc) is 3.34. The van der Waals surface area contributed by atoms with Crippen molar-refractivity contribution < 1.29 is 18.3 Å². The van der Waals surface area contributed by atoms with E-state index in [1.165, 1.54) is 18.9 Å². The van der Waals surface area contributed by atoms with Gasteiger partial charge in [-0.05, 0) is 62.3 Å². The first-order chi connectivity index (χ1) is 17.0. The third-order valence-electron chi connectivity index (χ3n) is 5.65. The SMILES string of the molecule is O=C(Nc1cccc(Oc2ccc3ncc(CN4CCCC4)nc3c2)c1)Nc1ccc(F)c(F)c1. The molecule has 2 heterocycles. The van der Waals surface area contributed by atoms with Crippen molar-refractivity contribution in [1.29, 1.82) is 0 Å². The number of anilines is 2. The van der Waals surface area contributed by atoms with Crippen LogP contribution < -0.4 is 15.4 Å². The molecule has 0 unspecified atom stereocenters. The van der Waals surface area contributed by atoms with E-state index in [0.29, 0.717) is 17.2 Å². The van der Waals surface area contributed by atoms with Crippen LogP contribution in [0.2, 0.25) is 0 Å². The average molecular weight is 475 g/mol. The van der Waals surface area contributed by atoms with Gasteiger partial charge in [0.2, 0.25) is 0 Å². The molecule has 1 aliphatic rings. The van der Waals surface area contributed by atoms with E-state index in [4.69, 9.17) is 9.72 Å². The highest BCUT2D eigenvalue weighted by molar-refractivity contribution is 5.99. The van der Waals surface area contributed by atoms with Gasteiger partial charge in [0.05, 0.1) is 22.9 Å². The quantitative estimate of drug-likeness (QED) is 0.361. The van der Waals surface area contributed by atoms with Crippen LogP contribution in [-0.4, -0.2) is 34.0 Å². The molecule has 178 valence electrons. The standard InChI is InChI=1S/C26H23F2N5O2/c27-22-8-6-18(13-23(22)28)32-26(34)31-17-4-3-5-20(12-17)35-21-7-9-24-25(14-21)30-19(15-29-24)16-33-10-1-2-11-33/h3-9,12-15H,1-2,10-11,16H2,(H2,31,32,34). The van der Waals surface area contributed by atoms with Gasteiger partial charge in [-0.25, -0.2) is 18.6 Å². The first kappa shape index (κ1) is 22.7. The highest BCUT2D eigenvalue weighted by Crippen LogP contribution is 2.27. The smallest absolute Gasteiger partial charge is 0.323 e. The molecule has 1 saturated heterocycles. The number of ether oxygens (including phenoxy) is 1. The van der Waals surface area contributed by atoms with Crippen LogP contribution in [0.25, 0.3) is 11.0 Å². The summed E-state index contributed by atoms with van der Waals surface area (Å²) in [6.07, 6.45) is 4.26. The van der Waals surface area contributed by atoms with Crippen molar-refractivity contribution in [3.8, 4) is 11.5 Å². The molecule has 9 heteroatoms. The molecule has 0 aliphatic carbocycles. The highest BCUT2D eigenvalue weighted by atomic mass is 19.2. The van der Waals surface area contributed by atoms with Crippen molar-refractivity contribution in [2.45, 2.75) is 19.4 Å². The molecular weight excluding hydrogens is 452 g/mol. The van der Waals surface area contributed by atoms with E-state index >= 15 is 0 Å². The van der Waals surface area contributed by atoms with Crippen molar-refractivity contribution in [1.82, 2.24) is 14.9 Å². The van der Waals surface area contributed by atoms with Crippen molar-refractivity contribution in [3.05, 3.63) is 84.2 Å². The third-order valence-corrected chi connectivity index (χ3v) is 5.65. The maximum Gasteiger partial charge on any atom is 0.323 e. The van der Waals surface area contributed by atoms with E-state index < -0.39 is 17.7 Å². The number of carbonyl (C=O) groups is 1. The number of urea groups is 1.